The summed E-state index contributed by atoms with van der Waals surface area (Å²) in [6, 6.07) is 0. The van der Waals surface area contributed by atoms with E-state index in [4.69, 9.17) is 9.47 Å². The van der Waals surface area contributed by atoms with Gasteiger partial charge in [-0.05, 0) is 39.5 Å². The van der Waals surface area contributed by atoms with E-state index in [1.165, 1.54) is 0 Å². The molecule has 0 aromatic heterocycles. The van der Waals surface area contributed by atoms with Gasteiger partial charge in [0.25, 0.3) is 0 Å². The van der Waals surface area contributed by atoms with Crippen LogP contribution in [0.4, 0.5) is 0 Å². The lowest BCUT2D eigenvalue weighted by atomic mass is 9.54. The van der Waals surface area contributed by atoms with Crippen LogP contribution in [0.3, 0.4) is 0 Å². The number of allylic oxidation sites excluding steroid dienone is 1. The molecule has 0 aromatic rings. The van der Waals surface area contributed by atoms with Gasteiger partial charge in [0.2, 0.25) is 0 Å². The first kappa shape index (κ1) is 15.5. The number of carboxylic acids is 2. The van der Waals surface area contributed by atoms with Crippen LogP contribution in [0.2, 0.25) is 0 Å². The first-order chi connectivity index (χ1) is 10.3. The molecule has 6 unspecified atom stereocenters. The lowest BCUT2D eigenvalue weighted by molar-refractivity contribution is -0.173. The Bertz CT molecular complexity index is 529. The average molecular weight is 310 g/mol. The van der Waals surface area contributed by atoms with Gasteiger partial charge >= 0.3 is 11.9 Å². The Balaban J connectivity index is 2.00. The molecule has 2 heterocycles. The lowest BCUT2D eigenvalue weighted by Crippen LogP contribution is -2.54. The third-order valence-corrected chi connectivity index (χ3v) is 5.53. The highest BCUT2D eigenvalue weighted by Gasteiger charge is 2.65. The summed E-state index contributed by atoms with van der Waals surface area (Å²) < 4.78 is 10.8. The molecular formula is C16H22O6. The number of aliphatic carboxylic acids is 2. The van der Waals surface area contributed by atoms with Gasteiger partial charge in [0.15, 0.2) is 0 Å². The molecule has 0 amide bonds. The quantitative estimate of drug-likeness (QED) is 0.573. The van der Waals surface area contributed by atoms with Gasteiger partial charge in [-0.2, -0.15) is 0 Å². The molecule has 22 heavy (non-hydrogen) atoms. The van der Waals surface area contributed by atoms with E-state index in [0.29, 0.717) is 12.8 Å². The number of hydrogen-bond donors (Lipinski definition) is 2. The molecule has 122 valence electrons. The van der Waals surface area contributed by atoms with Gasteiger partial charge in [-0.15, -0.1) is 0 Å². The van der Waals surface area contributed by atoms with Crippen molar-refractivity contribution in [3.05, 3.63) is 12.2 Å². The summed E-state index contributed by atoms with van der Waals surface area (Å²) >= 11 is 0. The minimum absolute atomic E-state index is 0.00437. The first-order valence-electron chi connectivity index (χ1n) is 7.78. The number of carbonyl (C=O) groups is 2. The number of epoxide rings is 2. The van der Waals surface area contributed by atoms with E-state index in [1.807, 2.05) is 13.8 Å². The van der Waals surface area contributed by atoms with E-state index in [0.717, 1.165) is 0 Å². The van der Waals surface area contributed by atoms with Gasteiger partial charge in [-0.1, -0.05) is 12.2 Å². The van der Waals surface area contributed by atoms with E-state index >= 15 is 0 Å². The molecule has 3 rings (SSSR count). The molecule has 3 aliphatic rings. The Kier molecular flexibility index (Phi) is 3.57. The van der Waals surface area contributed by atoms with Gasteiger partial charge in [0.1, 0.15) is 5.41 Å². The lowest BCUT2D eigenvalue weighted by Gasteiger charge is -2.45. The van der Waals surface area contributed by atoms with E-state index in [1.54, 1.807) is 12.2 Å². The molecule has 2 aliphatic heterocycles. The molecule has 0 radical (unpaired) electrons. The summed E-state index contributed by atoms with van der Waals surface area (Å²) in [5.41, 5.74) is -2.77. The monoisotopic (exact) mass is 310 g/mol. The minimum atomic E-state index is -1.43. The first-order valence-corrected chi connectivity index (χ1v) is 7.78. The smallest absolute Gasteiger partial charge is 0.314 e. The second kappa shape index (κ2) is 5.06. The fourth-order valence-corrected chi connectivity index (χ4v) is 3.84. The zero-order valence-corrected chi connectivity index (χ0v) is 12.8. The van der Waals surface area contributed by atoms with Gasteiger partial charge < -0.3 is 19.7 Å². The number of rotatable bonds is 6. The largest absolute Gasteiger partial charge is 0.481 e. The van der Waals surface area contributed by atoms with Crippen molar-refractivity contribution in [2.75, 3.05) is 0 Å². The van der Waals surface area contributed by atoms with Crippen LogP contribution >= 0.6 is 0 Å². The third-order valence-electron chi connectivity index (χ3n) is 5.53. The van der Waals surface area contributed by atoms with E-state index < -0.39 is 22.8 Å². The zero-order valence-electron chi connectivity index (χ0n) is 12.8. The molecule has 6 atom stereocenters. The van der Waals surface area contributed by atoms with Crippen LogP contribution in [-0.4, -0.2) is 46.6 Å². The van der Waals surface area contributed by atoms with Gasteiger partial charge in [0, 0.05) is 0 Å². The predicted molar refractivity (Wildman–Crippen MR) is 76.4 cm³/mol. The Morgan fingerprint density at radius 2 is 1.64 bits per heavy atom. The number of hydrogen-bond acceptors (Lipinski definition) is 4. The fourth-order valence-electron chi connectivity index (χ4n) is 3.84. The van der Waals surface area contributed by atoms with Crippen LogP contribution < -0.4 is 0 Å². The van der Waals surface area contributed by atoms with Gasteiger partial charge in [-0.25, -0.2) is 0 Å². The second-order valence-corrected chi connectivity index (χ2v) is 6.77. The zero-order chi connectivity index (χ0) is 16.1. The molecule has 2 N–H and O–H groups in total. The molecule has 1 aliphatic carbocycles. The topological polar surface area (TPSA) is 99.7 Å². The van der Waals surface area contributed by atoms with Crippen LogP contribution in [0.25, 0.3) is 0 Å². The summed E-state index contributed by atoms with van der Waals surface area (Å²) in [5.74, 6) is -2.13. The van der Waals surface area contributed by atoms with Crippen molar-refractivity contribution in [1.29, 1.82) is 0 Å². The summed E-state index contributed by atoms with van der Waals surface area (Å²) in [5, 5.41) is 19.9. The van der Waals surface area contributed by atoms with Crippen LogP contribution in [0, 0.1) is 10.8 Å². The third kappa shape index (κ3) is 2.25. The van der Waals surface area contributed by atoms with Crippen LogP contribution in [0.5, 0.6) is 0 Å². The molecule has 6 nitrogen and oxygen atoms in total. The molecule has 6 heteroatoms. The second-order valence-electron chi connectivity index (χ2n) is 6.77. The number of carboxylic acid groups (broad SMARTS) is 2. The van der Waals surface area contributed by atoms with Crippen molar-refractivity contribution in [3.63, 3.8) is 0 Å². The van der Waals surface area contributed by atoms with E-state index in [-0.39, 0.29) is 37.3 Å². The summed E-state index contributed by atoms with van der Waals surface area (Å²) in [6.45, 7) is 3.76. The molecule has 0 saturated carbocycles. The Labute approximate surface area is 129 Å². The van der Waals surface area contributed by atoms with Crippen molar-refractivity contribution in [2.45, 2.75) is 63.9 Å². The molecular weight excluding hydrogens is 288 g/mol. The maximum absolute atomic E-state index is 12.2. The summed E-state index contributed by atoms with van der Waals surface area (Å²) in [7, 11) is 0. The van der Waals surface area contributed by atoms with Crippen LogP contribution in [0.1, 0.15) is 39.5 Å². The Morgan fingerprint density at radius 1 is 1.09 bits per heavy atom. The van der Waals surface area contributed by atoms with Crippen LogP contribution in [0.15, 0.2) is 12.2 Å². The van der Waals surface area contributed by atoms with Crippen molar-refractivity contribution in [3.8, 4) is 0 Å². The van der Waals surface area contributed by atoms with Crippen molar-refractivity contribution in [2.24, 2.45) is 10.8 Å². The van der Waals surface area contributed by atoms with Crippen molar-refractivity contribution >= 4 is 11.9 Å². The van der Waals surface area contributed by atoms with Gasteiger partial charge in [0.05, 0.1) is 29.8 Å². The molecule has 0 aromatic carbocycles. The maximum atomic E-state index is 12.2. The standard InChI is InChI=1S/C16H22O6/c1-9-11(21-9)7-15(13(17)18)5-3-4-6-16(15,14(19)20)8-12-10(2)22-12/h3,5,9-12H,4,6-8H2,1-2H3,(H,17,18)(H,19,20). The van der Waals surface area contributed by atoms with E-state index in [2.05, 4.69) is 0 Å². The highest BCUT2D eigenvalue weighted by Crippen LogP contribution is 2.57. The minimum Gasteiger partial charge on any atom is -0.481 e. The SMILES string of the molecule is CC1OC1CC1(C(=O)O)C=CCCC1(CC1OC1C)C(=O)O. The number of ether oxygens (including phenoxy) is 2. The van der Waals surface area contributed by atoms with Crippen LogP contribution in [-0.2, 0) is 19.1 Å². The van der Waals surface area contributed by atoms with Crippen molar-refractivity contribution < 1.29 is 29.3 Å². The van der Waals surface area contributed by atoms with Crippen molar-refractivity contribution in [1.82, 2.24) is 0 Å². The normalized spacial score (nSPS) is 46.3. The summed E-state index contributed by atoms with van der Waals surface area (Å²) in [4.78, 5) is 24.3. The molecule has 0 spiro atoms. The predicted octanol–water partition coefficient (Wildman–Crippen LogP) is 1.83. The molecule has 0 bridgehead atoms. The highest BCUT2D eigenvalue weighted by molar-refractivity contribution is 5.89. The Morgan fingerprint density at radius 3 is 2.09 bits per heavy atom. The molecule has 2 fully saturated rings. The van der Waals surface area contributed by atoms with Gasteiger partial charge in [-0.3, -0.25) is 9.59 Å². The average Bonchev–Trinajstić information content (AvgIpc) is 3.32. The highest BCUT2D eigenvalue weighted by atomic mass is 16.6. The Hall–Kier alpha value is -1.40. The van der Waals surface area contributed by atoms with E-state index in [9.17, 15) is 19.8 Å². The maximum Gasteiger partial charge on any atom is 0.314 e. The fraction of sp³-hybridized carbons (Fsp3) is 0.750. The summed E-state index contributed by atoms with van der Waals surface area (Å²) in [6.07, 6.45) is 4.36. The molecule has 2 saturated heterocycles.